The number of aromatic nitrogens is 2. The Hall–Kier alpha value is -3.17. The van der Waals surface area contributed by atoms with E-state index >= 15 is 0 Å². The largest absolute Gasteiger partial charge is 0.493 e. The standard InChI is InChI=1S/C24H27ClFN5O3/c1-15(32)27-7-10-31-8-5-17(6-9-31)34-23-12-18-21(13-22(23)33-2)28-14-29-24(18)30-16-3-4-20(26)19(25)11-16/h3-4,11-14,17H,5-10H2,1-2H3,(H,27,32)(H,28,29,30). The summed E-state index contributed by atoms with van der Waals surface area (Å²) in [5.41, 5.74) is 1.29. The molecule has 3 aromatic rings. The zero-order chi connectivity index (χ0) is 24.1. The number of nitrogens with zero attached hydrogens (tertiary/aromatic N) is 3. The van der Waals surface area contributed by atoms with Crippen molar-refractivity contribution in [2.75, 3.05) is 38.6 Å². The number of benzene rings is 2. The minimum atomic E-state index is -0.485. The number of hydrogen-bond donors (Lipinski definition) is 2. The smallest absolute Gasteiger partial charge is 0.216 e. The number of carbonyl (C=O) groups excluding carboxylic acids is 1. The Kier molecular flexibility index (Phi) is 7.64. The lowest BCUT2D eigenvalue weighted by atomic mass is 10.1. The molecule has 0 bridgehead atoms. The quantitative estimate of drug-likeness (QED) is 0.493. The molecule has 1 saturated heterocycles. The van der Waals surface area contributed by atoms with E-state index in [1.165, 1.54) is 25.4 Å². The van der Waals surface area contributed by atoms with E-state index in [4.69, 9.17) is 21.1 Å². The van der Waals surface area contributed by atoms with Crippen molar-refractivity contribution in [2.24, 2.45) is 0 Å². The molecule has 2 aromatic carbocycles. The molecule has 0 unspecified atom stereocenters. The predicted molar refractivity (Wildman–Crippen MR) is 130 cm³/mol. The van der Waals surface area contributed by atoms with Gasteiger partial charge in [0.1, 0.15) is 24.1 Å². The third-order valence-electron chi connectivity index (χ3n) is 5.73. The Balaban J connectivity index is 1.49. The molecule has 1 amide bonds. The number of ether oxygens (including phenoxy) is 2. The van der Waals surface area contributed by atoms with Crippen LogP contribution in [0.15, 0.2) is 36.7 Å². The zero-order valence-corrected chi connectivity index (χ0v) is 19.9. The highest BCUT2D eigenvalue weighted by atomic mass is 35.5. The number of likely N-dealkylation sites (tertiary alicyclic amines) is 1. The van der Waals surface area contributed by atoms with E-state index in [9.17, 15) is 9.18 Å². The first kappa shape index (κ1) is 24.0. The maximum atomic E-state index is 13.5. The predicted octanol–water partition coefficient (Wildman–Crippen LogP) is 4.15. The molecule has 1 aliphatic heterocycles. The number of fused-ring (bicyclic) bond motifs is 1. The van der Waals surface area contributed by atoms with Crippen LogP contribution in [0, 0.1) is 5.82 Å². The van der Waals surface area contributed by atoms with Crippen molar-refractivity contribution in [1.82, 2.24) is 20.2 Å². The second-order valence-electron chi connectivity index (χ2n) is 8.14. The molecule has 1 fully saturated rings. The molecule has 0 atom stereocenters. The van der Waals surface area contributed by atoms with Gasteiger partial charge in [-0.3, -0.25) is 4.79 Å². The van der Waals surface area contributed by atoms with Gasteiger partial charge < -0.3 is 25.0 Å². The van der Waals surface area contributed by atoms with Gasteiger partial charge >= 0.3 is 0 Å². The fourth-order valence-corrected chi connectivity index (χ4v) is 4.13. The van der Waals surface area contributed by atoms with Gasteiger partial charge in [0, 0.05) is 50.2 Å². The summed E-state index contributed by atoms with van der Waals surface area (Å²) in [6.45, 7) is 4.78. The van der Waals surface area contributed by atoms with E-state index in [1.54, 1.807) is 13.2 Å². The van der Waals surface area contributed by atoms with Crippen LogP contribution in [0.2, 0.25) is 5.02 Å². The number of amides is 1. The number of carbonyl (C=O) groups is 1. The SMILES string of the molecule is COc1cc2ncnc(Nc3ccc(F)c(Cl)c3)c2cc1OC1CCN(CCNC(C)=O)CC1. The fraction of sp³-hybridized carbons (Fsp3) is 0.375. The molecular weight excluding hydrogens is 461 g/mol. The Bertz CT molecular complexity index is 1170. The summed E-state index contributed by atoms with van der Waals surface area (Å²) < 4.78 is 25.4. The van der Waals surface area contributed by atoms with Gasteiger partial charge in [-0.25, -0.2) is 14.4 Å². The average molecular weight is 488 g/mol. The minimum Gasteiger partial charge on any atom is -0.493 e. The van der Waals surface area contributed by atoms with Crippen LogP contribution in [0.3, 0.4) is 0 Å². The van der Waals surface area contributed by atoms with Gasteiger partial charge in [0.05, 0.1) is 17.6 Å². The molecule has 0 aliphatic carbocycles. The first-order valence-electron chi connectivity index (χ1n) is 11.1. The minimum absolute atomic E-state index is 0.0121. The van der Waals surface area contributed by atoms with Gasteiger partial charge in [-0.15, -0.1) is 0 Å². The fourth-order valence-electron chi connectivity index (χ4n) is 3.95. The summed E-state index contributed by atoms with van der Waals surface area (Å²) in [6, 6.07) is 8.08. The van der Waals surface area contributed by atoms with Gasteiger partial charge in [-0.1, -0.05) is 11.6 Å². The Labute approximate surface area is 202 Å². The van der Waals surface area contributed by atoms with Crippen molar-refractivity contribution in [3.8, 4) is 11.5 Å². The number of nitrogens with one attached hydrogen (secondary N) is 2. The topological polar surface area (TPSA) is 88.6 Å². The average Bonchev–Trinajstić information content (AvgIpc) is 2.82. The lowest BCUT2D eigenvalue weighted by Crippen LogP contribution is -2.41. The van der Waals surface area contributed by atoms with Crippen molar-refractivity contribution < 1.29 is 18.7 Å². The normalized spacial score (nSPS) is 14.7. The maximum Gasteiger partial charge on any atom is 0.216 e. The van der Waals surface area contributed by atoms with Crippen molar-refractivity contribution in [1.29, 1.82) is 0 Å². The molecule has 0 radical (unpaired) electrons. The van der Waals surface area contributed by atoms with Gasteiger partial charge in [0.15, 0.2) is 11.5 Å². The van der Waals surface area contributed by atoms with E-state index in [2.05, 4.69) is 25.5 Å². The first-order valence-corrected chi connectivity index (χ1v) is 11.5. The van der Waals surface area contributed by atoms with Crippen LogP contribution in [-0.4, -0.2) is 60.2 Å². The van der Waals surface area contributed by atoms with Crippen molar-refractivity contribution in [2.45, 2.75) is 25.9 Å². The van der Waals surface area contributed by atoms with Gasteiger partial charge in [0.25, 0.3) is 0 Å². The zero-order valence-electron chi connectivity index (χ0n) is 19.1. The van der Waals surface area contributed by atoms with Crippen molar-refractivity contribution >= 4 is 39.9 Å². The number of rotatable bonds is 8. The Morgan fingerprint density at radius 1 is 1.21 bits per heavy atom. The van der Waals surface area contributed by atoms with Crippen LogP contribution in [0.25, 0.3) is 10.9 Å². The lowest BCUT2D eigenvalue weighted by molar-refractivity contribution is -0.119. The Morgan fingerprint density at radius 2 is 2.00 bits per heavy atom. The number of halogens is 2. The molecular formula is C24H27ClFN5O3. The highest BCUT2D eigenvalue weighted by molar-refractivity contribution is 6.31. The molecule has 2 N–H and O–H groups in total. The molecule has 8 nitrogen and oxygen atoms in total. The second-order valence-corrected chi connectivity index (χ2v) is 8.55. The molecule has 4 rings (SSSR count). The van der Waals surface area contributed by atoms with Crippen LogP contribution >= 0.6 is 11.6 Å². The van der Waals surface area contributed by atoms with Crippen LogP contribution in [0.1, 0.15) is 19.8 Å². The van der Waals surface area contributed by atoms with Crippen LogP contribution in [0.5, 0.6) is 11.5 Å². The van der Waals surface area contributed by atoms with E-state index in [-0.39, 0.29) is 17.0 Å². The number of methoxy groups -OCH3 is 1. The van der Waals surface area contributed by atoms with Crippen molar-refractivity contribution in [3.63, 3.8) is 0 Å². The molecule has 10 heteroatoms. The third-order valence-corrected chi connectivity index (χ3v) is 6.02. The number of hydrogen-bond acceptors (Lipinski definition) is 7. The lowest BCUT2D eigenvalue weighted by Gasteiger charge is -2.32. The van der Waals surface area contributed by atoms with E-state index < -0.39 is 5.82 Å². The van der Waals surface area contributed by atoms with E-state index in [1.807, 2.05) is 12.1 Å². The number of anilines is 2. The molecule has 1 aliphatic rings. The summed E-state index contributed by atoms with van der Waals surface area (Å²) in [6.07, 6.45) is 3.23. The number of piperidine rings is 1. The van der Waals surface area contributed by atoms with E-state index in [0.29, 0.717) is 35.1 Å². The highest BCUT2D eigenvalue weighted by Gasteiger charge is 2.22. The maximum absolute atomic E-state index is 13.5. The van der Waals surface area contributed by atoms with Crippen LogP contribution < -0.4 is 20.1 Å². The molecule has 0 saturated carbocycles. The van der Waals surface area contributed by atoms with Gasteiger partial charge in [-0.05, 0) is 37.1 Å². The summed E-state index contributed by atoms with van der Waals surface area (Å²) in [5, 5.41) is 6.78. The molecule has 34 heavy (non-hydrogen) atoms. The van der Waals surface area contributed by atoms with Crippen LogP contribution in [0.4, 0.5) is 15.9 Å². The summed E-state index contributed by atoms with van der Waals surface area (Å²) in [5.74, 6) is 1.26. The summed E-state index contributed by atoms with van der Waals surface area (Å²) >= 11 is 5.92. The first-order chi connectivity index (χ1) is 16.4. The highest BCUT2D eigenvalue weighted by Crippen LogP contribution is 2.36. The molecule has 0 spiro atoms. The second kappa shape index (κ2) is 10.8. The molecule has 2 heterocycles. The molecule has 1 aromatic heterocycles. The van der Waals surface area contributed by atoms with Crippen LogP contribution in [-0.2, 0) is 4.79 Å². The van der Waals surface area contributed by atoms with Gasteiger partial charge in [-0.2, -0.15) is 0 Å². The Morgan fingerprint density at radius 3 is 2.71 bits per heavy atom. The van der Waals surface area contributed by atoms with E-state index in [0.717, 1.165) is 37.9 Å². The summed E-state index contributed by atoms with van der Waals surface area (Å²) in [7, 11) is 1.60. The molecule has 180 valence electrons. The monoisotopic (exact) mass is 487 g/mol. The van der Waals surface area contributed by atoms with Gasteiger partial charge in [0.2, 0.25) is 5.91 Å². The summed E-state index contributed by atoms with van der Waals surface area (Å²) in [4.78, 5) is 22.1. The third kappa shape index (κ3) is 5.84. The van der Waals surface area contributed by atoms with Crippen molar-refractivity contribution in [3.05, 3.63) is 47.5 Å².